The summed E-state index contributed by atoms with van der Waals surface area (Å²) in [4.78, 5) is 22.9. The first-order chi connectivity index (χ1) is 8.56. The number of hydrogen-bond donors (Lipinski definition) is 3. The quantitative estimate of drug-likeness (QED) is 0.713. The lowest BCUT2D eigenvalue weighted by atomic mass is 10.1. The minimum absolute atomic E-state index is 0.00924. The van der Waals surface area contributed by atoms with Gasteiger partial charge in [0.05, 0.1) is 5.56 Å². The summed E-state index contributed by atoms with van der Waals surface area (Å²) < 4.78 is 0. The molecule has 1 aliphatic heterocycles. The lowest BCUT2D eigenvalue weighted by molar-refractivity contribution is -0.119. The molecule has 1 heterocycles. The molecule has 0 bridgehead atoms. The van der Waals surface area contributed by atoms with Gasteiger partial charge in [0.1, 0.15) is 0 Å². The van der Waals surface area contributed by atoms with Crippen LogP contribution in [0.4, 0.5) is 5.69 Å². The van der Waals surface area contributed by atoms with Gasteiger partial charge in [-0.1, -0.05) is 11.6 Å². The molecule has 1 saturated heterocycles. The number of anilines is 1. The Hall–Kier alpha value is -1.75. The van der Waals surface area contributed by atoms with E-state index in [0.717, 1.165) is 6.42 Å². The van der Waals surface area contributed by atoms with E-state index in [1.54, 1.807) is 12.1 Å². The summed E-state index contributed by atoms with van der Waals surface area (Å²) in [6.07, 6.45) is 1.26. The highest BCUT2D eigenvalue weighted by Crippen LogP contribution is 2.17. The van der Waals surface area contributed by atoms with Gasteiger partial charge in [-0.3, -0.25) is 9.59 Å². The summed E-state index contributed by atoms with van der Waals surface area (Å²) in [5, 5.41) is 6.02. The number of amides is 2. The predicted molar refractivity (Wildman–Crippen MR) is 69.4 cm³/mol. The second-order valence-corrected chi connectivity index (χ2v) is 4.68. The van der Waals surface area contributed by atoms with E-state index >= 15 is 0 Å². The average Bonchev–Trinajstić information content (AvgIpc) is 2.72. The molecule has 1 aliphatic rings. The molecule has 1 aromatic rings. The van der Waals surface area contributed by atoms with Crippen molar-refractivity contribution < 1.29 is 9.59 Å². The van der Waals surface area contributed by atoms with Crippen LogP contribution in [-0.4, -0.2) is 24.4 Å². The minimum Gasteiger partial charge on any atom is -0.398 e. The molecular formula is C12H14ClN3O2. The number of rotatable bonds is 3. The van der Waals surface area contributed by atoms with E-state index in [0.29, 0.717) is 29.2 Å². The summed E-state index contributed by atoms with van der Waals surface area (Å²) in [6.45, 7) is 0.409. The van der Waals surface area contributed by atoms with Crippen LogP contribution in [0.1, 0.15) is 23.2 Å². The standard InChI is InChI=1S/C12H14ClN3O2/c13-7-1-3-9(10(14)5-7)12(18)15-6-8-2-4-11(17)16-8/h1,3,5,8H,2,4,6,14H2,(H,15,18)(H,16,17). The van der Waals surface area contributed by atoms with E-state index in [-0.39, 0.29) is 17.9 Å². The van der Waals surface area contributed by atoms with Gasteiger partial charge < -0.3 is 16.4 Å². The molecule has 4 N–H and O–H groups in total. The van der Waals surface area contributed by atoms with Crippen LogP contribution in [0, 0.1) is 0 Å². The smallest absolute Gasteiger partial charge is 0.253 e. The Morgan fingerprint density at radius 3 is 2.94 bits per heavy atom. The molecule has 2 rings (SSSR count). The van der Waals surface area contributed by atoms with E-state index in [4.69, 9.17) is 17.3 Å². The molecule has 5 nitrogen and oxygen atoms in total. The highest BCUT2D eigenvalue weighted by molar-refractivity contribution is 6.31. The maximum atomic E-state index is 11.9. The van der Waals surface area contributed by atoms with E-state index in [2.05, 4.69) is 10.6 Å². The van der Waals surface area contributed by atoms with Gasteiger partial charge >= 0.3 is 0 Å². The van der Waals surface area contributed by atoms with Crippen LogP contribution >= 0.6 is 11.6 Å². The lowest BCUT2D eigenvalue weighted by Crippen LogP contribution is -2.38. The fourth-order valence-electron chi connectivity index (χ4n) is 1.88. The molecular weight excluding hydrogens is 254 g/mol. The van der Waals surface area contributed by atoms with Crippen molar-refractivity contribution in [1.82, 2.24) is 10.6 Å². The molecule has 1 aromatic carbocycles. The maximum absolute atomic E-state index is 11.9. The molecule has 1 unspecified atom stereocenters. The van der Waals surface area contributed by atoms with E-state index in [1.165, 1.54) is 6.07 Å². The van der Waals surface area contributed by atoms with Gasteiger partial charge in [0.15, 0.2) is 0 Å². The van der Waals surface area contributed by atoms with Gasteiger partial charge in [-0.15, -0.1) is 0 Å². The van der Waals surface area contributed by atoms with Crippen molar-refractivity contribution in [1.29, 1.82) is 0 Å². The zero-order valence-corrected chi connectivity index (χ0v) is 10.5. The maximum Gasteiger partial charge on any atom is 0.253 e. The predicted octanol–water partition coefficient (Wildman–Crippen LogP) is 0.931. The molecule has 0 spiro atoms. The third-order valence-electron chi connectivity index (χ3n) is 2.85. The Bertz CT molecular complexity index is 490. The molecule has 6 heteroatoms. The van der Waals surface area contributed by atoms with Gasteiger partial charge in [-0.05, 0) is 24.6 Å². The fraction of sp³-hybridized carbons (Fsp3) is 0.333. The molecule has 0 radical (unpaired) electrons. The van der Waals surface area contributed by atoms with Crippen LogP contribution in [0.2, 0.25) is 5.02 Å². The zero-order valence-electron chi connectivity index (χ0n) is 9.70. The average molecular weight is 268 g/mol. The SMILES string of the molecule is Nc1cc(Cl)ccc1C(=O)NCC1CCC(=O)N1. The van der Waals surface area contributed by atoms with Gasteiger partial charge in [0, 0.05) is 29.7 Å². The summed E-state index contributed by atoms with van der Waals surface area (Å²) in [5.41, 5.74) is 6.45. The second-order valence-electron chi connectivity index (χ2n) is 4.24. The van der Waals surface area contributed by atoms with Gasteiger partial charge in [0.25, 0.3) is 5.91 Å². The van der Waals surface area contributed by atoms with Crippen molar-refractivity contribution in [2.45, 2.75) is 18.9 Å². The van der Waals surface area contributed by atoms with Crippen molar-refractivity contribution in [2.75, 3.05) is 12.3 Å². The molecule has 1 fully saturated rings. The first kappa shape index (κ1) is 12.7. The van der Waals surface area contributed by atoms with Crippen molar-refractivity contribution in [3.05, 3.63) is 28.8 Å². The van der Waals surface area contributed by atoms with E-state index in [9.17, 15) is 9.59 Å². The van der Waals surface area contributed by atoms with Gasteiger partial charge in [-0.2, -0.15) is 0 Å². The lowest BCUT2D eigenvalue weighted by Gasteiger charge is -2.12. The summed E-state index contributed by atoms with van der Waals surface area (Å²) in [7, 11) is 0. The Morgan fingerprint density at radius 2 is 2.33 bits per heavy atom. The van der Waals surface area contributed by atoms with Crippen molar-refractivity contribution >= 4 is 29.1 Å². The van der Waals surface area contributed by atoms with Crippen LogP contribution in [0.3, 0.4) is 0 Å². The number of hydrogen-bond acceptors (Lipinski definition) is 3. The Balaban J connectivity index is 1.93. The highest BCUT2D eigenvalue weighted by atomic mass is 35.5. The molecule has 18 heavy (non-hydrogen) atoms. The molecule has 96 valence electrons. The number of halogens is 1. The Labute approximate surface area is 110 Å². The fourth-order valence-corrected chi connectivity index (χ4v) is 2.06. The normalized spacial score (nSPS) is 18.5. The first-order valence-electron chi connectivity index (χ1n) is 5.69. The summed E-state index contributed by atoms with van der Waals surface area (Å²) in [5.74, 6) is -0.231. The molecule has 0 aromatic heterocycles. The van der Waals surface area contributed by atoms with Crippen molar-refractivity contribution in [3.8, 4) is 0 Å². The van der Waals surface area contributed by atoms with Crippen LogP contribution in [0.15, 0.2) is 18.2 Å². The highest BCUT2D eigenvalue weighted by Gasteiger charge is 2.21. The number of carbonyl (C=O) groups is 2. The number of carbonyl (C=O) groups excluding carboxylic acids is 2. The third-order valence-corrected chi connectivity index (χ3v) is 3.09. The monoisotopic (exact) mass is 267 g/mol. The zero-order chi connectivity index (χ0) is 13.1. The van der Waals surface area contributed by atoms with Crippen LogP contribution < -0.4 is 16.4 Å². The number of nitrogens with one attached hydrogen (secondary N) is 2. The Kier molecular flexibility index (Phi) is 3.72. The van der Waals surface area contributed by atoms with Gasteiger partial charge in [-0.25, -0.2) is 0 Å². The second kappa shape index (κ2) is 5.27. The number of benzene rings is 1. The van der Waals surface area contributed by atoms with E-state index < -0.39 is 0 Å². The van der Waals surface area contributed by atoms with Crippen LogP contribution in [0.25, 0.3) is 0 Å². The summed E-state index contributed by atoms with van der Waals surface area (Å²) in [6, 6.07) is 4.74. The molecule has 0 saturated carbocycles. The van der Waals surface area contributed by atoms with Crippen molar-refractivity contribution in [3.63, 3.8) is 0 Å². The number of nitrogens with two attached hydrogens (primary N) is 1. The van der Waals surface area contributed by atoms with E-state index in [1.807, 2.05) is 0 Å². The Morgan fingerprint density at radius 1 is 1.56 bits per heavy atom. The summed E-state index contributed by atoms with van der Waals surface area (Å²) >= 11 is 5.76. The molecule has 1 atom stereocenters. The minimum atomic E-state index is -0.259. The molecule has 2 amide bonds. The van der Waals surface area contributed by atoms with Crippen LogP contribution in [0.5, 0.6) is 0 Å². The third kappa shape index (κ3) is 2.92. The van der Waals surface area contributed by atoms with Gasteiger partial charge in [0.2, 0.25) is 5.91 Å². The first-order valence-corrected chi connectivity index (χ1v) is 6.06. The van der Waals surface area contributed by atoms with Crippen LogP contribution in [-0.2, 0) is 4.79 Å². The topological polar surface area (TPSA) is 84.2 Å². The molecule has 0 aliphatic carbocycles. The largest absolute Gasteiger partial charge is 0.398 e. The van der Waals surface area contributed by atoms with Crippen molar-refractivity contribution in [2.24, 2.45) is 0 Å². The number of nitrogen functional groups attached to an aromatic ring is 1.